The molecule has 19 heavy (non-hydrogen) atoms. The molecule has 0 aromatic heterocycles. The van der Waals surface area contributed by atoms with Gasteiger partial charge in [0.1, 0.15) is 6.04 Å². The third kappa shape index (κ3) is 3.82. The van der Waals surface area contributed by atoms with E-state index in [9.17, 15) is 19.5 Å². The maximum absolute atomic E-state index is 12.0. The number of ether oxygens (including phenoxy) is 1. The number of β-amino-alcohol motifs (C(OH)–C–C–N with tert-alkyl or cyclic N) is 1. The normalized spacial score (nSPS) is 22.2. The molecule has 0 radical (unpaired) electrons. The molecule has 1 saturated heterocycles. The van der Waals surface area contributed by atoms with E-state index in [1.54, 1.807) is 0 Å². The van der Waals surface area contributed by atoms with E-state index in [1.807, 2.05) is 0 Å². The van der Waals surface area contributed by atoms with Crippen molar-refractivity contribution >= 4 is 18.0 Å². The van der Waals surface area contributed by atoms with Gasteiger partial charge in [-0.05, 0) is 0 Å². The minimum atomic E-state index is -1.15. The zero-order valence-corrected chi connectivity index (χ0v) is 10.9. The third-order valence-corrected chi connectivity index (χ3v) is 3.02. The van der Waals surface area contributed by atoms with Crippen LogP contribution in [0.25, 0.3) is 0 Å². The maximum atomic E-state index is 12.0. The SMILES string of the molecule is COC(=O)CCN(C)C(=O)N1C[C@H](O)C[C@@H]1C(=O)O. The molecule has 0 aromatic carbocycles. The van der Waals surface area contributed by atoms with Crippen molar-refractivity contribution in [3.8, 4) is 0 Å². The van der Waals surface area contributed by atoms with Gasteiger partial charge in [-0.3, -0.25) is 4.79 Å². The van der Waals surface area contributed by atoms with Crippen molar-refractivity contribution in [2.24, 2.45) is 0 Å². The zero-order chi connectivity index (χ0) is 14.6. The smallest absolute Gasteiger partial charge is 0.326 e. The fourth-order valence-corrected chi connectivity index (χ4v) is 1.94. The Hall–Kier alpha value is -1.83. The highest BCUT2D eigenvalue weighted by atomic mass is 16.5. The molecule has 0 unspecified atom stereocenters. The van der Waals surface area contributed by atoms with Gasteiger partial charge >= 0.3 is 18.0 Å². The summed E-state index contributed by atoms with van der Waals surface area (Å²) in [7, 11) is 2.72. The van der Waals surface area contributed by atoms with Crippen LogP contribution in [0.3, 0.4) is 0 Å². The van der Waals surface area contributed by atoms with Gasteiger partial charge in [0.15, 0.2) is 0 Å². The van der Waals surface area contributed by atoms with Crippen LogP contribution >= 0.6 is 0 Å². The number of likely N-dealkylation sites (tertiary alicyclic amines) is 1. The van der Waals surface area contributed by atoms with Crippen molar-refractivity contribution in [1.29, 1.82) is 0 Å². The van der Waals surface area contributed by atoms with E-state index in [4.69, 9.17) is 5.11 Å². The number of esters is 1. The number of carboxylic acid groups (broad SMARTS) is 1. The molecule has 1 aliphatic rings. The summed E-state index contributed by atoms with van der Waals surface area (Å²) in [5, 5.41) is 18.4. The fraction of sp³-hybridized carbons (Fsp3) is 0.727. The lowest BCUT2D eigenvalue weighted by Gasteiger charge is -2.27. The zero-order valence-electron chi connectivity index (χ0n) is 10.9. The molecule has 2 amide bonds. The molecule has 0 bridgehead atoms. The first-order valence-corrected chi connectivity index (χ1v) is 5.86. The second-order valence-electron chi connectivity index (χ2n) is 4.43. The Balaban J connectivity index is 2.60. The molecule has 0 saturated carbocycles. The molecule has 1 aliphatic heterocycles. The van der Waals surface area contributed by atoms with Crippen LogP contribution in [0.4, 0.5) is 4.79 Å². The first kappa shape index (κ1) is 15.2. The second kappa shape index (κ2) is 6.37. The molecule has 2 atom stereocenters. The monoisotopic (exact) mass is 274 g/mol. The number of amides is 2. The van der Waals surface area contributed by atoms with Gasteiger partial charge < -0.3 is 24.7 Å². The Morgan fingerprint density at radius 1 is 1.42 bits per heavy atom. The molecular weight excluding hydrogens is 256 g/mol. The number of aliphatic hydroxyl groups is 1. The summed E-state index contributed by atoms with van der Waals surface area (Å²) < 4.78 is 4.46. The summed E-state index contributed by atoms with van der Waals surface area (Å²) >= 11 is 0. The highest BCUT2D eigenvalue weighted by Gasteiger charge is 2.40. The summed E-state index contributed by atoms with van der Waals surface area (Å²) in [6, 6.07) is -1.55. The number of aliphatic hydroxyl groups excluding tert-OH is 1. The minimum Gasteiger partial charge on any atom is -0.480 e. The standard InChI is InChI=1S/C11H18N2O6/c1-12(4-3-9(15)19-2)11(18)13-6-7(14)5-8(13)10(16)17/h7-8,14H,3-6H2,1-2H3,(H,16,17)/t7-,8-/m1/s1. The molecule has 0 aromatic rings. The second-order valence-corrected chi connectivity index (χ2v) is 4.43. The Labute approximate surface area is 110 Å². The molecule has 0 aliphatic carbocycles. The number of aliphatic carboxylic acids is 1. The van der Waals surface area contributed by atoms with E-state index in [2.05, 4.69) is 4.74 Å². The van der Waals surface area contributed by atoms with Crippen LogP contribution < -0.4 is 0 Å². The molecule has 108 valence electrons. The van der Waals surface area contributed by atoms with Gasteiger partial charge in [0.05, 0.1) is 19.6 Å². The largest absolute Gasteiger partial charge is 0.480 e. The Morgan fingerprint density at radius 2 is 2.05 bits per heavy atom. The predicted octanol–water partition coefficient (Wildman–Crippen LogP) is -0.879. The molecule has 8 heteroatoms. The van der Waals surface area contributed by atoms with Crippen LogP contribution in [0.15, 0.2) is 0 Å². The number of hydrogen-bond donors (Lipinski definition) is 2. The number of methoxy groups -OCH3 is 1. The van der Waals surface area contributed by atoms with E-state index in [0.29, 0.717) is 0 Å². The van der Waals surface area contributed by atoms with Crippen LogP contribution in [0, 0.1) is 0 Å². The number of urea groups is 1. The van der Waals surface area contributed by atoms with Crippen molar-refractivity contribution in [1.82, 2.24) is 9.80 Å². The summed E-state index contributed by atoms with van der Waals surface area (Å²) in [5.74, 6) is -1.60. The molecule has 2 N–H and O–H groups in total. The molecule has 1 fully saturated rings. The highest BCUT2D eigenvalue weighted by Crippen LogP contribution is 2.19. The van der Waals surface area contributed by atoms with Crippen molar-refractivity contribution in [2.45, 2.75) is 25.0 Å². The van der Waals surface area contributed by atoms with E-state index < -0.39 is 30.1 Å². The maximum Gasteiger partial charge on any atom is 0.326 e. The van der Waals surface area contributed by atoms with Gasteiger partial charge in [0, 0.05) is 26.6 Å². The van der Waals surface area contributed by atoms with Crippen LogP contribution in [-0.4, -0.2) is 77.4 Å². The lowest BCUT2D eigenvalue weighted by Crippen LogP contribution is -2.47. The first-order chi connectivity index (χ1) is 8.86. The van der Waals surface area contributed by atoms with Crippen LogP contribution in [0.2, 0.25) is 0 Å². The first-order valence-electron chi connectivity index (χ1n) is 5.86. The lowest BCUT2D eigenvalue weighted by molar-refractivity contribution is -0.142. The average molecular weight is 274 g/mol. The quantitative estimate of drug-likeness (QED) is 0.645. The van der Waals surface area contributed by atoms with Crippen molar-refractivity contribution in [2.75, 3.05) is 27.2 Å². The van der Waals surface area contributed by atoms with Crippen LogP contribution in [0.1, 0.15) is 12.8 Å². The summed E-state index contributed by atoms with van der Waals surface area (Å²) in [4.78, 5) is 36.4. The van der Waals surface area contributed by atoms with E-state index in [-0.39, 0.29) is 25.9 Å². The van der Waals surface area contributed by atoms with E-state index in [0.717, 1.165) is 4.90 Å². The molecular formula is C11H18N2O6. The van der Waals surface area contributed by atoms with Crippen LogP contribution in [-0.2, 0) is 14.3 Å². The van der Waals surface area contributed by atoms with E-state index in [1.165, 1.54) is 19.1 Å². The van der Waals surface area contributed by atoms with Crippen molar-refractivity contribution in [3.05, 3.63) is 0 Å². The molecule has 0 spiro atoms. The summed E-state index contributed by atoms with van der Waals surface area (Å²) in [6.07, 6.45) is -0.780. The van der Waals surface area contributed by atoms with Crippen molar-refractivity contribution < 1.29 is 29.3 Å². The van der Waals surface area contributed by atoms with Crippen LogP contribution in [0.5, 0.6) is 0 Å². The Morgan fingerprint density at radius 3 is 2.58 bits per heavy atom. The predicted molar refractivity (Wildman–Crippen MR) is 63.4 cm³/mol. The molecule has 8 nitrogen and oxygen atoms in total. The number of rotatable bonds is 4. The number of carboxylic acids is 1. The van der Waals surface area contributed by atoms with Gasteiger partial charge in [0.2, 0.25) is 0 Å². The topological polar surface area (TPSA) is 107 Å². The van der Waals surface area contributed by atoms with Gasteiger partial charge in [-0.2, -0.15) is 0 Å². The minimum absolute atomic E-state index is 0.0155. The van der Waals surface area contributed by atoms with Gasteiger partial charge in [-0.15, -0.1) is 0 Å². The Bertz CT molecular complexity index is 372. The number of nitrogens with zero attached hydrogens (tertiary/aromatic N) is 2. The molecule has 1 heterocycles. The fourth-order valence-electron chi connectivity index (χ4n) is 1.94. The number of carbonyl (C=O) groups is 3. The third-order valence-electron chi connectivity index (χ3n) is 3.02. The summed E-state index contributed by atoms with van der Waals surface area (Å²) in [6.45, 7) is 0.114. The highest BCUT2D eigenvalue weighted by molar-refractivity contribution is 5.83. The number of hydrogen-bond acceptors (Lipinski definition) is 5. The van der Waals surface area contributed by atoms with Gasteiger partial charge in [-0.25, -0.2) is 9.59 Å². The number of carbonyl (C=O) groups excluding carboxylic acids is 2. The summed E-state index contributed by atoms with van der Waals surface area (Å²) in [5.41, 5.74) is 0. The average Bonchev–Trinajstić information content (AvgIpc) is 2.76. The molecule has 1 rings (SSSR count). The Kier molecular flexibility index (Phi) is 5.11. The lowest BCUT2D eigenvalue weighted by atomic mass is 10.2. The van der Waals surface area contributed by atoms with Gasteiger partial charge in [-0.1, -0.05) is 0 Å². The van der Waals surface area contributed by atoms with E-state index >= 15 is 0 Å². The van der Waals surface area contributed by atoms with Crippen molar-refractivity contribution in [3.63, 3.8) is 0 Å². The van der Waals surface area contributed by atoms with Gasteiger partial charge in [0.25, 0.3) is 0 Å².